The van der Waals surface area contributed by atoms with Gasteiger partial charge in [0.25, 0.3) is 5.91 Å². The number of carbonyl (C=O) groups excluding carboxylic acids is 1. The number of rotatable bonds is 8. The Balaban J connectivity index is 1.48. The molecule has 1 N–H and O–H groups in total. The first-order chi connectivity index (χ1) is 15.6. The summed E-state index contributed by atoms with van der Waals surface area (Å²) in [6.45, 7) is 3.49. The minimum Gasteiger partial charge on any atom is -0.455 e. The molecule has 0 fully saturated rings. The SMILES string of the molecule is Cc1ccc(NC(=O)c2ccc(CN(Cc3ccccc3)Cc3ccccc3F)o2)cc1. The predicted octanol–water partition coefficient (Wildman–Crippen LogP) is 6.18. The van der Waals surface area contributed by atoms with Crippen LogP contribution in [0.4, 0.5) is 10.1 Å². The lowest BCUT2D eigenvalue weighted by Crippen LogP contribution is -2.22. The summed E-state index contributed by atoms with van der Waals surface area (Å²) in [5, 5.41) is 2.84. The van der Waals surface area contributed by atoms with E-state index < -0.39 is 0 Å². The highest BCUT2D eigenvalue weighted by Gasteiger charge is 2.16. The summed E-state index contributed by atoms with van der Waals surface area (Å²) >= 11 is 0. The van der Waals surface area contributed by atoms with E-state index in [4.69, 9.17) is 4.42 Å². The summed E-state index contributed by atoms with van der Waals surface area (Å²) in [5.74, 6) is 0.351. The van der Waals surface area contributed by atoms with E-state index in [1.54, 1.807) is 24.3 Å². The molecule has 0 saturated carbocycles. The second-order valence-corrected chi connectivity index (χ2v) is 7.81. The zero-order chi connectivity index (χ0) is 22.3. The molecule has 0 aliphatic heterocycles. The Labute approximate surface area is 187 Å². The molecule has 1 heterocycles. The molecule has 5 heteroatoms. The zero-order valence-electron chi connectivity index (χ0n) is 17.9. The van der Waals surface area contributed by atoms with Crippen molar-refractivity contribution in [3.63, 3.8) is 0 Å². The van der Waals surface area contributed by atoms with E-state index in [1.807, 2.05) is 67.6 Å². The molecule has 0 saturated heterocycles. The van der Waals surface area contributed by atoms with E-state index in [0.717, 1.165) is 11.1 Å². The molecule has 32 heavy (non-hydrogen) atoms. The Hall–Kier alpha value is -3.70. The first kappa shape index (κ1) is 21.5. The monoisotopic (exact) mass is 428 g/mol. The summed E-state index contributed by atoms with van der Waals surface area (Å²) in [5.41, 5.74) is 3.57. The molecule has 162 valence electrons. The van der Waals surface area contributed by atoms with E-state index >= 15 is 0 Å². The van der Waals surface area contributed by atoms with Gasteiger partial charge < -0.3 is 9.73 Å². The molecule has 3 aromatic carbocycles. The Morgan fingerprint density at radius 2 is 1.56 bits per heavy atom. The van der Waals surface area contributed by atoms with Gasteiger partial charge in [0.05, 0.1) is 6.54 Å². The van der Waals surface area contributed by atoms with E-state index in [-0.39, 0.29) is 17.5 Å². The highest BCUT2D eigenvalue weighted by atomic mass is 19.1. The largest absolute Gasteiger partial charge is 0.455 e. The number of nitrogens with zero attached hydrogens (tertiary/aromatic N) is 1. The third-order valence-corrected chi connectivity index (χ3v) is 5.18. The van der Waals surface area contributed by atoms with Crippen molar-refractivity contribution >= 4 is 11.6 Å². The van der Waals surface area contributed by atoms with E-state index in [0.29, 0.717) is 36.6 Å². The van der Waals surface area contributed by atoms with Crippen molar-refractivity contribution in [3.8, 4) is 0 Å². The molecule has 0 bridgehead atoms. The minimum absolute atomic E-state index is 0.233. The number of carbonyl (C=O) groups is 1. The fourth-order valence-electron chi connectivity index (χ4n) is 3.51. The van der Waals surface area contributed by atoms with Gasteiger partial charge in [-0.15, -0.1) is 0 Å². The second-order valence-electron chi connectivity index (χ2n) is 7.81. The molecule has 0 aliphatic carbocycles. The van der Waals surface area contributed by atoms with Crippen LogP contribution in [-0.2, 0) is 19.6 Å². The quantitative estimate of drug-likeness (QED) is 0.364. The van der Waals surface area contributed by atoms with Crippen molar-refractivity contribution in [1.29, 1.82) is 0 Å². The summed E-state index contributed by atoms with van der Waals surface area (Å²) in [7, 11) is 0. The van der Waals surface area contributed by atoms with Gasteiger partial charge in [-0.3, -0.25) is 9.69 Å². The zero-order valence-corrected chi connectivity index (χ0v) is 17.9. The molecule has 0 unspecified atom stereocenters. The van der Waals surface area contributed by atoms with Crippen molar-refractivity contribution in [3.05, 3.63) is 125 Å². The molecule has 4 rings (SSSR count). The molecule has 1 amide bonds. The molecule has 4 nitrogen and oxygen atoms in total. The van der Waals surface area contributed by atoms with Crippen molar-refractivity contribution in [2.75, 3.05) is 5.32 Å². The van der Waals surface area contributed by atoms with E-state index in [2.05, 4.69) is 10.2 Å². The topological polar surface area (TPSA) is 45.5 Å². The summed E-state index contributed by atoms with van der Waals surface area (Å²) < 4.78 is 20.1. The van der Waals surface area contributed by atoms with E-state index in [1.165, 1.54) is 6.07 Å². The number of aryl methyl sites for hydroxylation is 1. The fourth-order valence-corrected chi connectivity index (χ4v) is 3.51. The number of hydrogen-bond donors (Lipinski definition) is 1. The smallest absolute Gasteiger partial charge is 0.291 e. The van der Waals surface area contributed by atoms with Gasteiger partial charge >= 0.3 is 0 Å². The Morgan fingerprint density at radius 1 is 0.844 bits per heavy atom. The lowest BCUT2D eigenvalue weighted by Gasteiger charge is -2.22. The molecular weight excluding hydrogens is 403 g/mol. The summed E-state index contributed by atoms with van der Waals surface area (Å²) in [6.07, 6.45) is 0. The summed E-state index contributed by atoms with van der Waals surface area (Å²) in [6, 6.07) is 27.8. The van der Waals surface area contributed by atoms with Crippen molar-refractivity contribution < 1.29 is 13.6 Å². The maximum absolute atomic E-state index is 14.3. The fraction of sp³-hybridized carbons (Fsp3) is 0.148. The van der Waals surface area contributed by atoms with Crippen LogP contribution in [0.5, 0.6) is 0 Å². The number of amides is 1. The first-order valence-corrected chi connectivity index (χ1v) is 10.5. The maximum Gasteiger partial charge on any atom is 0.291 e. The number of benzene rings is 3. The van der Waals surface area contributed by atoms with Crippen LogP contribution >= 0.6 is 0 Å². The minimum atomic E-state index is -0.302. The van der Waals surface area contributed by atoms with E-state index in [9.17, 15) is 9.18 Å². The summed E-state index contributed by atoms with van der Waals surface area (Å²) in [4.78, 5) is 14.6. The van der Waals surface area contributed by atoms with Gasteiger partial charge in [-0.1, -0.05) is 66.2 Å². The molecule has 0 aliphatic rings. The van der Waals surface area contributed by atoms with Crippen LogP contribution in [0.15, 0.2) is 95.4 Å². The average Bonchev–Trinajstić information content (AvgIpc) is 3.26. The highest BCUT2D eigenvalue weighted by Crippen LogP contribution is 2.19. The van der Waals surface area contributed by atoms with Crippen molar-refractivity contribution in [2.45, 2.75) is 26.6 Å². The number of halogens is 1. The Bertz CT molecular complexity index is 1170. The number of nitrogens with one attached hydrogen (secondary N) is 1. The maximum atomic E-state index is 14.3. The number of furan rings is 1. The molecule has 4 aromatic rings. The van der Waals surface area contributed by atoms with Crippen LogP contribution in [0.3, 0.4) is 0 Å². The molecule has 0 atom stereocenters. The highest BCUT2D eigenvalue weighted by molar-refractivity contribution is 6.02. The van der Waals surface area contributed by atoms with Crippen LogP contribution in [0, 0.1) is 12.7 Å². The lowest BCUT2D eigenvalue weighted by molar-refractivity contribution is 0.0992. The second kappa shape index (κ2) is 10.1. The Kier molecular flexibility index (Phi) is 6.78. The van der Waals surface area contributed by atoms with Crippen molar-refractivity contribution in [1.82, 2.24) is 4.90 Å². The van der Waals surface area contributed by atoms with Crippen molar-refractivity contribution in [2.24, 2.45) is 0 Å². The van der Waals surface area contributed by atoms with Crippen LogP contribution in [0.25, 0.3) is 0 Å². The molecule has 0 spiro atoms. The number of anilines is 1. The first-order valence-electron chi connectivity index (χ1n) is 10.5. The van der Waals surface area contributed by atoms with Crippen LogP contribution in [0.2, 0.25) is 0 Å². The molecule has 1 aromatic heterocycles. The standard InChI is InChI=1S/C27H25FN2O2/c1-20-11-13-23(14-12-20)29-27(31)26-16-15-24(32-26)19-30(17-21-7-3-2-4-8-21)18-22-9-5-6-10-25(22)28/h2-16H,17-19H2,1H3,(H,29,31). The van der Waals surface area contributed by atoms with Gasteiger partial charge in [-0.05, 0) is 42.8 Å². The average molecular weight is 429 g/mol. The van der Waals surface area contributed by atoms with Gasteiger partial charge in [-0.25, -0.2) is 4.39 Å². The number of hydrogen-bond acceptors (Lipinski definition) is 3. The Morgan fingerprint density at radius 3 is 2.31 bits per heavy atom. The van der Waals surface area contributed by atoms with Gasteiger partial charge in [-0.2, -0.15) is 0 Å². The predicted molar refractivity (Wildman–Crippen MR) is 124 cm³/mol. The van der Waals surface area contributed by atoms with Crippen LogP contribution in [0.1, 0.15) is 33.0 Å². The van der Waals surface area contributed by atoms with Crippen LogP contribution < -0.4 is 5.32 Å². The normalized spacial score (nSPS) is 11.0. The van der Waals surface area contributed by atoms with Gasteiger partial charge in [0, 0.05) is 24.3 Å². The van der Waals surface area contributed by atoms with Gasteiger partial charge in [0.15, 0.2) is 5.76 Å². The molecular formula is C27H25FN2O2. The van der Waals surface area contributed by atoms with Gasteiger partial charge in [0.2, 0.25) is 0 Å². The van der Waals surface area contributed by atoms with Gasteiger partial charge in [0.1, 0.15) is 11.6 Å². The molecule has 0 radical (unpaired) electrons. The van der Waals surface area contributed by atoms with Crippen LogP contribution in [-0.4, -0.2) is 10.8 Å². The lowest BCUT2D eigenvalue weighted by atomic mass is 10.1. The third-order valence-electron chi connectivity index (χ3n) is 5.18. The third kappa shape index (κ3) is 5.71.